The Labute approximate surface area is 126 Å². The standard InChI is InChI=1S/C13H25N3O4S/c1-9(2)12(14-10(3)17)13(18)16-7-5-6-11(8-16)15-21(4,19)20/h9,11-12,15H,5-8H2,1-4H3,(H,14,17)/t11-,12+/m1/s1. The lowest BCUT2D eigenvalue weighted by Crippen LogP contribution is -2.56. The lowest BCUT2D eigenvalue weighted by atomic mass is 10.00. The van der Waals surface area contributed by atoms with E-state index in [0.717, 1.165) is 12.7 Å². The van der Waals surface area contributed by atoms with Gasteiger partial charge in [0.15, 0.2) is 0 Å². The number of hydrogen-bond donors (Lipinski definition) is 2. The van der Waals surface area contributed by atoms with Crippen molar-refractivity contribution in [2.75, 3.05) is 19.3 Å². The van der Waals surface area contributed by atoms with Crippen LogP contribution in [0.3, 0.4) is 0 Å². The Kier molecular flexibility index (Phi) is 6.15. The molecule has 0 aromatic rings. The van der Waals surface area contributed by atoms with Crippen LogP contribution in [0.4, 0.5) is 0 Å². The van der Waals surface area contributed by atoms with Gasteiger partial charge in [0.1, 0.15) is 6.04 Å². The summed E-state index contributed by atoms with van der Waals surface area (Å²) in [5, 5.41) is 2.67. The largest absolute Gasteiger partial charge is 0.344 e. The molecule has 1 aliphatic rings. The number of rotatable bonds is 5. The molecule has 21 heavy (non-hydrogen) atoms. The lowest BCUT2D eigenvalue weighted by molar-refractivity contribution is -0.138. The van der Waals surface area contributed by atoms with E-state index in [1.165, 1.54) is 6.92 Å². The van der Waals surface area contributed by atoms with Crippen LogP contribution in [0, 0.1) is 5.92 Å². The quantitative estimate of drug-likeness (QED) is 0.726. The molecule has 1 heterocycles. The normalized spacial score (nSPS) is 21.2. The van der Waals surface area contributed by atoms with E-state index in [9.17, 15) is 18.0 Å². The van der Waals surface area contributed by atoms with E-state index >= 15 is 0 Å². The Morgan fingerprint density at radius 1 is 1.29 bits per heavy atom. The minimum absolute atomic E-state index is 0.0235. The first-order chi connectivity index (χ1) is 9.60. The molecule has 0 saturated carbocycles. The molecule has 8 heteroatoms. The zero-order chi connectivity index (χ0) is 16.2. The molecule has 0 unspecified atom stereocenters. The third-order valence-corrected chi connectivity index (χ3v) is 4.17. The van der Waals surface area contributed by atoms with Crippen LogP contribution in [0.1, 0.15) is 33.6 Å². The molecule has 2 amide bonds. The summed E-state index contributed by atoms with van der Waals surface area (Å²) in [6.45, 7) is 6.05. The Morgan fingerprint density at radius 2 is 1.90 bits per heavy atom. The lowest BCUT2D eigenvalue weighted by Gasteiger charge is -2.36. The number of amides is 2. The smallest absolute Gasteiger partial charge is 0.245 e. The third kappa shape index (κ3) is 6.01. The van der Waals surface area contributed by atoms with Gasteiger partial charge in [0.2, 0.25) is 21.8 Å². The Morgan fingerprint density at radius 3 is 2.38 bits per heavy atom. The predicted octanol–water partition coefficient (Wildman–Crippen LogP) is -0.313. The highest BCUT2D eigenvalue weighted by Crippen LogP contribution is 2.14. The Bertz CT molecular complexity index is 490. The van der Waals surface area contributed by atoms with Crippen LogP contribution in [0.2, 0.25) is 0 Å². The molecule has 1 rings (SSSR count). The zero-order valence-electron chi connectivity index (χ0n) is 13.0. The topological polar surface area (TPSA) is 95.6 Å². The number of nitrogens with zero attached hydrogens (tertiary/aromatic N) is 1. The monoisotopic (exact) mass is 319 g/mol. The molecule has 0 spiro atoms. The summed E-state index contributed by atoms with van der Waals surface area (Å²) in [5.41, 5.74) is 0. The number of sulfonamides is 1. The molecule has 7 nitrogen and oxygen atoms in total. The van der Waals surface area contributed by atoms with Gasteiger partial charge in [-0.25, -0.2) is 13.1 Å². The number of likely N-dealkylation sites (tertiary alicyclic amines) is 1. The van der Waals surface area contributed by atoms with E-state index in [0.29, 0.717) is 19.5 Å². The Balaban J connectivity index is 2.73. The van der Waals surface area contributed by atoms with Gasteiger partial charge >= 0.3 is 0 Å². The number of piperidine rings is 1. The summed E-state index contributed by atoms with van der Waals surface area (Å²) < 4.78 is 25.1. The highest BCUT2D eigenvalue weighted by Gasteiger charge is 2.31. The molecule has 122 valence electrons. The molecule has 0 aliphatic carbocycles. The van der Waals surface area contributed by atoms with Gasteiger partial charge in [-0.05, 0) is 18.8 Å². The maximum absolute atomic E-state index is 12.5. The maximum atomic E-state index is 12.5. The van der Waals surface area contributed by atoms with E-state index < -0.39 is 16.1 Å². The summed E-state index contributed by atoms with van der Waals surface area (Å²) in [4.78, 5) is 25.4. The van der Waals surface area contributed by atoms with Crippen molar-refractivity contribution in [3.8, 4) is 0 Å². The van der Waals surface area contributed by atoms with Crippen LogP contribution in [0.15, 0.2) is 0 Å². The molecule has 1 aliphatic heterocycles. The first kappa shape index (κ1) is 17.9. The van der Waals surface area contributed by atoms with Gasteiger partial charge in [0.25, 0.3) is 0 Å². The van der Waals surface area contributed by atoms with Crippen molar-refractivity contribution in [1.29, 1.82) is 0 Å². The third-order valence-electron chi connectivity index (χ3n) is 3.41. The van der Waals surface area contributed by atoms with Crippen LogP contribution in [0.5, 0.6) is 0 Å². The van der Waals surface area contributed by atoms with Gasteiger partial charge in [-0.1, -0.05) is 13.8 Å². The van der Waals surface area contributed by atoms with E-state index in [4.69, 9.17) is 0 Å². The zero-order valence-corrected chi connectivity index (χ0v) is 13.9. The molecule has 0 bridgehead atoms. The highest BCUT2D eigenvalue weighted by atomic mass is 32.2. The number of hydrogen-bond acceptors (Lipinski definition) is 4. The van der Waals surface area contributed by atoms with Crippen molar-refractivity contribution >= 4 is 21.8 Å². The van der Waals surface area contributed by atoms with Gasteiger partial charge < -0.3 is 10.2 Å². The van der Waals surface area contributed by atoms with Crippen molar-refractivity contribution in [2.24, 2.45) is 5.92 Å². The van der Waals surface area contributed by atoms with E-state index in [1.807, 2.05) is 13.8 Å². The van der Waals surface area contributed by atoms with Crippen molar-refractivity contribution in [2.45, 2.75) is 45.7 Å². The SMILES string of the molecule is CC(=O)N[C@H](C(=O)N1CCC[C@@H](NS(C)(=O)=O)C1)C(C)C. The van der Waals surface area contributed by atoms with E-state index in [-0.39, 0.29) is 23.8 Å². The molecule has 2 atom stereocenters. The van der Waals surface area contributed by atoms with Crippen LogP contribution in [-0.2, 0) is 19.6 Å². The molecular weight excluding hydrogens is 294 g/mol. The van der Waals surface area contributed by atoms with Gasteiger partial charge in [-0.15, -0.1) is 0 Å². The van der Waals surface area contributed by atoms with E-state index in [2.05, 4.69) is 10.0 Å². The van der Waals surface area contributed by atoms with Crippen LogP contribution >= 0.6 is 0 Å². The molecule has 0 aromatic carbocycles. The van der Waals surface area contributed by atoms with Crippen LogP contribution in [-0.4, -0.2) is 56.6 Å². The first-order valence-electron chi connectivity index (χ1n) is 7.13. The second kappa shape index (κ2) is 7.22. The summed E-state index contributed by atoms with van der Waals surface area (Å²) in [5.74, 6) is -0.422. The second-order valence-corrected chi connectivity index (χ2v) is 7.72. The highest BCUT2D eigenvalue weighted by molar-refractivity contribution is 7.88. The minimum Gasteiger partial charge on any atom is -0.344 e. The molecule has 2 N–H and O–H groups in total. The van der Waals surface area contributed by atoms with Crippen LogP contribution < -0.4 is 10.0 Å². The number of nitrogens with one attached hydrogen (secondary N) is 2. The minimum atomic E-state index is -3.29. The van der Waals surface area contributed by atoms with Crippen LogP contribution in [0.25, 0.3) is 0 Å². The maximum Gasteiger partial charge on any atom is 0.245 e. The molecule has 0 radical (unpaired) electrons. The summed E-state index contributed by atoms with van der Waals surface area (Å²) in [6, 6.07) is -0.831. The van der Waals surface area contributed by atoms with Gasteiger partial charge in [-0.3, -0.25) is 9.59 Å². The fourth-order valence-electron chi connectivity index (χ4n) is 2.51. The van der Waals surface area contributed by atoms with Gasteiger partial charge in [0.05, 0.1) is 6.26 Å². The van der Waals surface area contributed by atoms with E-state index in [1.54, 1.807) is 4.90 Å². The fraction of sp³-hybridized carbons (Fsp3) is 0.846. The van der Waals surface area contributed by atoms with Gasteiger partial charge in [0, 0.05) is 26.1 Å². The average molecular weight is 319 g/mol. The fourth-order valence-corrected chi connectivity index (χ4v) is 3.30. The molecule has 1 fully saturated rings. The number of carbonyl (C=O) groups excluding carboxylic acids is 2. The van der Waals surface area contributed by atoms with Crippen molar-refractivity contribution in [1.82, 2.24) is 14.9 Å². The van der Waals surface area contributed by atoms with Crippen molar-refractivity contribution in [3.63, 3.8) is 0 Å². The summed E-state index contributed by atoms with van der Waals surface area (Å²) in [7, 11) is -3.29. The average Bonchev–Trinajstić information content (AvgIpc) is 2.33. The molecule has 0 aromatic heterocycles. The van der Waals surface area contributed by atoms with Gasteiger partial charge in [-0.2, -0.15) is 0 Å². The molecular formula is C13H25N3O4S. The molecule has 1 saturated heterocycles. The van der Waals surface area contributed by atoms with Crippen molar-refractivity contribution in [3.05, 3.63) is 0 Å². The summed E-state index contributed by atoms with van der Waals surface area (Å²) >= 11 is 0. The Hall–Kier alpha value is -1.15. The summed E-state index contributed by atoms with van der Waals surface area (Å²) in [6.07, 6.45) is 2.56. The number of carbonyl (C=O) groups is 2. The first-order valence-corrected chi connectivity index (χ1v) is 9.02. The predicted molar refractivity (Wildman–Crippen MR) is 80.0 cm³/mol. The van der Waals surface area contributed by atoms with Crippen molar-refractivity contribution < 1.29 is 18.0 Å². The second-order valence-electron chi connectivity index (χ2n) is 5.94.